The number of halogens is 1. The zero-order valence-electron chi connectivity index (χ0n) is 18.9. The molecule has 0 aliphatic carbocycles. The molecule has 32 heavy (non-hydrogen) atoms. The van der Waals surface area contributed by atoms with E-state index >= 15 is 0 Å². The summed E-state index contributed by atoms with van der Waals surface area (Å²) in [6.45, 7) is 7.30. The normalized spacial score (nSPS) is 15.1. The van der Waals surface area contributed by atoms with Gasteiger partial charge >= 0.3 is 12.1 Å². The van der Waals surface area contributed by atoms with Crippen molar-refractivity contribution in [2.45, 2.75) is 39.2 Å². The van der Waals surface area contributed by atoms with Crippen LogP contribution in [0.3, 0.4) is 0 Å². The van der Waals surface area contributed by atoms with Gasteiger partial charge in [0, 0.05) is 36.6 Å². The van der Waals surface area contributed by atoms with Gasteiger partial charge in [0.15, 0.2) is 0 Å². The summed E-state index contributed by atoms with van der Waals surface area (Å²) in [7, 11) is 1.43. The van der Waals surface area contributed by atoms with E-state index in [1.54, 1.807) is 17.0 Å². The number of oxime groups is 1. The second-order valence-corrected chi connectivity index (χ2v) is 8.63. The second-order valence-electron chi connectivity index (χ2n) is 8.63. The van der Waals surface area contributed by atoms with Crippen LogP contribution in [-0.2, 0) is 9.57 Å². The molecule has 1 aliphatic rings. The number of nitrogens with zero attached hydrogens (tertiary/aromatic N) is 4. The van der Waals surface area contributed by atoms with Crippen molar-refractivity contribution in [3.63, 3.8) is 0 Å². The van der Waals surface area contributed by atoms with Crippen LogP contribution in [0.15, 0.2) is 35.7 Å². The Kier molecular flexibility index (Phi) is 7.61. The molecule has 0 bridgehead atoms. The quantitative estimate of drug-likeness (QED) is 0.488. The molecule has 1 aliphatic heterocycles. The van der Waals surface area contributed by atoms with Crippen LogP contribution in [0.5, 0.6) is 6.01 Å². The van der Waals surface area contributed by atoms with E-state index in [-0.39, 0.29) is 12.1 Å². The zero-order valence-corrected chi connectivity index (χ0v) is 18.9. The van der Waals surface area contributed by atoms with E-state index in [4.69, 9.17) is 9.47 Å². The first-order chi connectivity index (χ1) is 15.2. The second kappa shape index (κ2) is 10.4. The monoisotopic (exact) mass is 444 g/mol. The lowest BCUT2D eigenvalue weighted by molar-refractivity contribution is 0.0163. The lowest BCUT2D eigenvalue weighted by Gasteiger charge is -2.33. The number of hydrogen-bond donors (Lipinski definition) is 0. The molecule has 172 valence electrons. The summed E-state index contributed by atoms with van der Waals surface area (Å²) < 4.78 is 25.6. The van der Waals surface area contributed by atoms with Gasteiger partial charge in [-0.25, -0.2) is 19.2 Å². The number of likely N-dealkylation sites (tertiary alicyclic amines) is 1. The van der Waals surface area contributed by atoms with Crippen molar-refractivity contribution in [1.82, 2.24) is 14.9 Å². The number of piperidine rings is 1. The maximum absolute atomic E-state index is 14.4. The summed E-state index contributed by atoms with van der Waals surface area (Å²) in [5, 5.41) is 3.62. The third kappa shape index (κ3) is 6.63. The number of amides is 1. The van der Waals surface area contributed by atoms with Gasteiger partial charge in [0.25, 0.3) is 0 Å². The fourth-order valence-electron chi connectivity index (χ4n) is 3.29. The van der Waals surface area contributed by atoms with Crippen LogP contribution in [0, 0.1) is 11.7 Å². The Morgan fingerprint density at radius 1 is 1.25 bits per heavy atom. The van der Waals surface area contributed by atoms with Gasteiger partial charge in [-0.05, 0) is 51.2 Å². The number of carbonyl (C=O) groups excluding carboxylic acids is 1. The molecule has 0 unspecified atom stereocenters. The van der Waals surface area contributed by atoms with Crippen LogP contribution in [0.4, 0.5) is 9.18 Å². The Morgan fingerprint density at radius 3 is 2.53 bits per heavy atom. The lowest BCUT2D eigenvalue weighted by atomic mass is 9.98. The molecule has 9 heteroatoms. The number of benzene rings is 1. The van der Waals surface area contributed by atoms with Crippen molar-refractivity contribution in [2.24, 2.45) is 11.1 Å². The molecule has 8 nitrogen and oxygen atoms in total. The van der Waals surface area contributed by atoms with Gasteiger partial charge in [-0.3, -0.25) is 0 Å². The fraction of sp³-hybridized carbons (Fsp3) is 0.478. The molecule has 1 aromatic heterocycles. The van der Waals surface area contributed by atoms with Crippen molar-refractivity contribution < 1.29 is 23.5 Å². The van der Waals surface area contributed by atoms with Crippen molar-refractivity contribution in [3.05, 3.63) is 42.0 Å². The van der Waals surface area contributed by atoms with E-state index in [9.17, 15) is 9.18 Å². The van der Waals surface area contributed by atoms with Gasteiger partial charge in [-0.1, -0.05) is 17.3 Å². The first kappa shape index (κ1) is 23.4. The number of rotatable bonds is 6. The lowest BCUT2D eigenvalue weighted by Crippen LogP contribution is -2.42. The minimum absolute atomic E-state index is 0.243. The molecule has 1 saturated heterocycles. The number of carbonyl (C=O) groups is 1. The average molecular weight is 445 g/mol. The minimum atomic E-state index is -0.496. The predicted molar refractivity (Wildman–Crippen MR) is 118 cm³/mol. The van der Waals surface area contributed by atoms with Crippen LogP contribution in [0.2, 0.25) is 0 Å². The third-order valence-electron chi connectivity index (χ3n) is 4.95. The summed E-state index contributed by atoms with van der Waals surface area (Å²) in [5.41, 5.74) is 1.03. The molecular formula is C23H29FN4O4. The molecular weight excluding hydrogens is 415 g/mol. The van der Waals surface area contributed by atoms with E-state index in [1.165, 1.54) is 31.8 Å². The standard InChI is InChI=1S/C23H29FN4O4/c1-23(2,3)32-22(29)28-9-7-16(8-10-28)15-31-21-25-13-18(14-26-21)19-6-5-17(11-20(19)24)12-27-30-4/h5-6,11-14,16H,7-10,15H2,1-4H3/b27-12+. The first-order valence-corrected chi connectivity index (χ1v) is 10.5. The highest BCUT2D eigenvalue weighted by atomic mass is 19.1. The molecule has 0 N–H and O–H groups in total. The van der Waals surface area contributed by atoms with E-state index in [1.807, 2.05) is 20.8 Å². The van der Waals surface area contributed by atoms with Crippen LogP contribution >= 0.6 is 0 Å². The molecule has 1 fully saturated rings. The summed E-state index contributed by atoms with van der Waals surface area (Å²) in [5.74, 6) is -0.102. The van der Waals surface area contributed by atoms with Crippen LogP contribution in [0.25, 0.3) is 11.1 Å². The molecule has 0 spiro atoms. The molecule has 0 saturated carbocycles. The summed E-state index contributed by atoms with van der Waals surface area (Å²) in [6.07, 6.45) is 5.87. The Balaban J connectivity index is 1.50. The van der Waals surface area contributed by atoms with Crippen molar-refractivity contribution in [3.8, 4) is 17.1 Å². The third-order valence-corrected chi connectivity index (χ3v) is 4.95. The summed E-state index contributed by atoms with van der Waals surface area (Å²) in [6, 6.07) is 4.98. The minimum Gasteiger partial charge on any atom is -0.463 e. The van der Waals surface area contributed by atoms with Crippen LogP contribution in [0.1, 0.15) is 39.2 Å². The summed E-state index contributed by atoms with van der Waals surface area (Å²) in [4.78, 5) is 26.9. The highest BCUT2D eigenvalue weighted by molar-refractivity contribution is 5.80. The fourth-order valence-corrected chi connectivity index (χ4v) is 3.29. The summed E-state index contributed by atoms with van der Waals surface area (Å²) >= 11 is 0. The number of ether oxygens (including phenoxy) is 2. The topological polar surface area (TPSA) is 86.1 Å². The predicted octanol–water partition coefficient (Wildman–Crippen LogP) is 4.29. The molecule has 1 aromatic carbocycles. The van der Waals surface area contributed by atoms with Gasteiger partial charge in [0.1, 0.15) is 18.5 Å². The van der Waals surface area contributed by atoms with Gasteiger partial charge in [0.2, 0.25) is 0 Å². The SMILES string of the molecule is CO/N=C/c1ccc(-c2cnc(OCC3CCN(C(=O)OC(C)(C)C)CC3)nc2)c(F)c1. The highest BCUT2D eigenvalue weighted by Crippen LogP contribution is 2.24. The van der Waals surface area contributed by atoms with Crippen LogP contribution in [-0.4, -0.2) is 59.6 Å². The number of aromatic nitrogens is 2. The van der Waals surface area contributed by atoms with Crippen molar-refractivity contribution in [1.29, 1.82) is 0 Å². The van der Waals surface area contributed by atoms with E-state index in [2.05, 4.69) is 20.0 Å². The molecule has 2 aromatic rings. The maximum Gasteiger partial charge on any atom is 0.410 e. The average Bonchev–Trinajstić information content (AvgIpc) is 2.76. The molecule has 1 amide bonds. The Morgan fingerprint density at radius 2 is 1.94 bits per heavy atom. The van der Waals surface area contributed by atoms with Gasteiger partial charge < -0.3 is 19.2 Å². The van der Waals surface area contributed by atoms with Crippen molar-refractivity contribution >= 4 is 12.3 Å². The van der Waals surface area contributed by atoms with E-state index in [0.29, 0.717) is 42.3 Å². The van der Waals surface area contributed by atoms with Gasteiger partial charge in [0.05, 0.1) is 12.8 Å². The highest BCUT2D eigenvalue weighted by Gasteiger charge is 2.27. The molecule has 3 rings (SSSR count). The maximum atomic E-state index is 14.4. The smallest absolute Gasteiger partial charge is 0.410 e. The van der Waals surface area contributed by atoms with Crippen LogP contribution < -0.4 is 4.74 Å². The molecule has 0 radical (unpaired) electrons. The molecule has 0 atom stereocenters. The van der Waals surface area contributed by atoms with Gasteiger partial charge in [-0.2, -0.15) is 0 Å². The Hall–Kier alpha value is -3.23. The van der Waals surface area contributed by atoms with E-state index < -0.39 is 11.4 Å². The van der Waals surface area contributed by atoms with Gasteiger partial charge in [-0.15, -0.1) is 0 Å². The van der Waals surface area contributed by atoms with E-state index in [0.717, 1.165) is 12.8 Å². The first-order valence-electron chi connectivity index (χ1n) is 10.5. The molecule has 2 heterocycles. The largest absolute Gasteiger partial charge is 0.463 e. The van der Waals surface area contributed by atoms with Crippen molar-refractivity contribution in [2.75, 3.05) is 26.8 Å². The zero-order chi connectivity index (χ0) is 23.1. The number of hydrogen-bond acceptors (Lipinski definition) is 7. The Labute approximate surface area is 187 Å². The Bertz CT molecular complexity index is 936.